The van der Waals surface area contributed by atoms with E-state index in [2.05, 4.69) is 26.0 Å². The van der Waals surface area contributed by atoms with E-state index in [-0.39, 0.29) is 11.3 Å². The van der Waals surface area contributed by atoms with Crippen molar-refractivity contribution in [3.8, 4) is 5.75 Å². The van der Waals surface area contributed by atoms with E-state index < -0.39 is 0 Å². The van der Waals surface area contributed by atoms with E-state index in [0.717, 1.165) is 21.7 Å². The molecule has 0 aliphatic rings. The summed E-state index contributed by atoms with van der Waals surface area (Å²) in [5.41, 5.74) is 0.969. The topological polar surface area (TPSA) is 67.5 Å². The van der Waals surface area contributed by atoms with Crippen LogP contribution in [-0.2, 0) is 6.42 Å². The zero-order chi connectivity index (χ0) is 19.7. The molecule has 1 N–H and O–H groups in total. The van der Waals surface area contributed by atoms with Crippen LogP contribution in [0.2, 0.25) is 0 Å². The third kappa shape index (κ3) is 3.20. The number of phenols is 1. The maximum Gasteiger partial charge on any atom is 0.282 e. The van der Waals surface area contributed by atoms with Gasteiger partial charge in [0.25, 0.3) is 5.56 Å². The predicted octanol–water partition coefficient (Wildman–Crippen LogP) is 4.85. The second-order valence-electron chi connectivity index (χ2n) is 6.50. The van der Waals surface area contributed by atoms with Gasteiger partial charge in [0.2, 0.25) is 0 Å². The lowest BCUT2D eigenvalue weighted by Crippen LogP contribution is -2.22. The Morgan fingerprint density at radius 2 is 1.79 bits per heavy atom. The highest BCUT2D eigenvalue weighted by Crippen LogP contribution is 2.33. The van der Waals surface area contributed by atoms with Crippen molar-refractivity contribution in [2.24, 2.45) is 5.10 Å². The molecule has 0 fully saturated rings. The van der Waals surface area contributed by atoms with Crippen LogP contribution >= 0.6 is 15.9 Å². The van der Waals surface area contributed by atoms with Gasteiger partial charge in [0, 0.05) is 21.8 Å². The van der Waals surface area contributed by atoms with Crippen LogP contribution < -0.4 is 5.56 Å². The molecule has 0 spiro atoms. The van der Waals surface area contributed by atoms with Crippen LogP contribution in [0.3, 0.4) is 0 Å². The van der Waals surface area contributed by atoms with Crippen molar-refractivity contribution in [2.75, 3.05) is 0 Å². The molecule has 0 aliphatic carbocycles. The third-order valence-electron chi connectivity index (χ3n) is 4.60. The van der Waals surface area contributed by atoms with Gasteiger partial charge in [-0.15, -0.1) is 0 Å². The van der Waals surface area contributed by atoms with Crippen LogP contribution in [0, 0.1) is 0 Å². The smallest absolute Gasteiger partial charge is 0.282 e. The molecule has 0 radical (unpaired) electrons. The van der Waals surface area contributed by atoms with Gasteiger partial charge in [-0.05, 0) is 30.0 Å². The predicted molar refractivity (Wildman–Crippen MR) is 116 cm³/mol. The van der Waals surface area contributed by atoms with Gasteiger partial charge in [0.15, 0.2) is 0 Å². The fraction of sp³-hybridized carbons (Fsp3) is 0.136. The highest BCUT2D eigenvalue weighted by Gasteiger charge is 2.11. The van der Waals surface area contributed by atoms with Gasteiger partial charge in [-0.25, -0.2) is 4.98 Å². The zero-order valence-electron chi connectivity index (χ0n) is 15.3. The average Bonchev–Trinajstić information content (AvgIpc) is 2.71. The number of fused-ring (bicyclic) bond motifs is 2. The Morgan fingerprint density at radius 1 is 1.11 bits per heavy atom. The summed E-state index contributed by atoms with van der Waals surface area (Å²) in [5, 5.41) is 17.2. The fourth-order valence-corrected chi connectivity index (χ4v) is 3.82. The molecule has 0 amide bonds. The molecule has 6 heteroatoms. The molecule has 3 aromatic carbocycles. The molecular formula is C22H18BrN3O2. The number of phenolic OH excluding ortho intramolecular Hbond substituents is 1. The summed E-state index contributed by atoms with van der Waals surface area (Å²) in [5.74, 6) is 0.725. The third-order valence-corrected chi connectivity index (χ3v) is 5.26. The summed E-state index contributed by atoms with van der Waals surface area (Å²) < 4.78 is 2.18. The number of para-hydroxylation sites is 1. The van der Waals surface area contributed by atoms with Gasteiger partial charge in [-0.2, -0.15) is 9.78 Å². The Bertz CT molecular complexity index is 1280. The summed E-state index contributed by atoms with van der Waals surface area (Å²) in [7, 11) is 0. The Balaban J connectivity index is 1.88. The zero-order valence-corrected chi connectivity index (χ0v) is 16.8. The van der Waals surface area contributed by atoms with E-state index in [1.165, 1.54) is 10.9 Å². The molecule has 1 heterocycles. The molecule has 0 aliphatic heterocycles. The molecule has 4 aromatic rings. The molecule has 4 rings (SSSR count). The van der Waals surface area contributed by atoms with Crippen LogP contribution in [-0.4, -0.2) is 21.0 Å². The monoisotopic (exact) mass is 435 g/mol. The maximum atomic E-state index is 12.9. The van der Waals surface area contributed by atoms with Crippen molar-refractivity contribution >= 4 is 43.8 Å². The van der Waals surface area contributed by atoms with Crippen molar-refractivity contribution in [3.63, 3.8) is 0 Å². The lowest BCUT2D eigenvalue weighted by Gasteiger charge is -2.09. The lowest BCUT2D eigenvalue weighted by atomic mass is 10.1. The number of aromatic nitrogens is 2. The molecule has 0 atom stereocenters. The molecule has 5 nitrogen and oxygen atoms in total. The van der Waals surface area contributed by atoms with Crippen LogP contribution in [0.5, 0.6) is 5.75 Å². The quantitative estimate of drug-likeness (QED) is 0.465. The van der Waals surface area contributed by atoms with Gasteiger partial charge >= 0.3 is 0 Å². The largest absolute Gasteiger partial charge is 0.507 e. The molecule has 0 bridgehead atoms. The Morgan fingerprint density at radius 3 is 2.54 bits per heavy atom. The summed E-state index contributed by atoms with van der Waals surface area (Å²) in [6, 6.07) is 16.6. The number of aromatic hydroxyl groups is 1. The van der Waals surface area contributed by atoms with E-state index in [1.54, 1.807) is 12.1 Å². The Kier molecular flexibility index (Phi) is 4.96. The van der Waals surface area contributed by atoms with Crippen molar-refractivity contribution in [1.82, 2.24) is 9.66 Å². The van der Waals surface area contributed by atoms with E-state index >= 15 is 0 Å². The van der Waals surface area contributed by atoms with Gasteiger partial charge in [0.1, 0.15) is 11.6 Å². The number of halogens is 1. The van der Waals surface area contributed by atoms with Gasteiger partial charge in [-0.3, -0.25) is 4.79 Å². The van der Waals surface area contributed by atoms with E-state index in [9.17, 15) is 9.90 Å². The van der Waals surface area contributed by atoms with Crippen molar-refractivity contribution in [2.45, 2.75) is 19.8 Å². The van der Waals surface area contributed by atoms with Crippen LogP contribution in [0.4, 0.5) is 0 Å². The lowest BCUT2D eigenvalue weighted by molar-refractivity contribution is 0.480. The molecular weight excluding hydrogens is 418 g/mol. The first-order chi connectivity index (χ1) is 13.6. The number of hydrogen-bond acceptors (Lipinski definition) is 4. The van der Waals surface area contributed by atoms with Crippen LogP contribution in [0.1, 0.15) is 24.7 Å². The molecule has 0 saturated heterocycles. The Labute approximate surface area is 170 Å². The number of hydrogen-bond donors (Lipinski definition) is 1. The first kappa shape index (κ1) is 18.4. The molecule has 0 saturated carbocycles. The number of aryl methyl sites for hydroxylation is 1. The minimum atomic E-state index is -0.218. The Hall–Kier alpha value is -2.99. The summed E-state index contributed by atoms with van der Waals surface area (Å²) >= 11 is 3.54. The minimum Gasteiger partial charge on any atom is -0.507 e. The molecule has 140 valence electrons. The van der Waals surface area contributed by atoms with Crippen LogP contribution in [0.15, 0.2) is 69.0 Å². The van der Waals surface area contributed by atoms with E-state index in [4.69, 9.17) is 0 Å². The van der Waals surface area contributed by atoms with Gasteiger partial charge in [0.05, 0.1) is 17.1 Å². The second-order valence-corrected chi connectivity index (χ2v) is 7.35. The number of nitrogens with zero attached hydrogens (tertiary/aromatic N) is 3. The summed E-state index contributed by atoms with van der Waals surface area (Å²) in [6.07, 6.45) is 2.97. The van der Waals surface area contributed by atoms with Gasteiger partial charge < -0.3 is 5.11 Å². The minimum absolute atomic E-state index is 0.126. The molecule has 28 heavy (non-hydrogen) atoms. The van der Waals surface area contributed by atoms with Gasteiger partial charge in [-0.1, -0.05) is 59.3 Å². The highest BCUT2D eigenvalue weighted by molar-refractivity contribution is 9.10. The van der Waals surface area contributed by atoms with E-state index in [1.807, 2.05) is 49.4 Å². The standard InChI is InChI=1S/C22H18BrN3O2/c1-2-7-20-25-19-11-6-5-10-17(19)22(28)26(20)24-13-14-12-18(23)15-8-3-4-9-16(15)21(14)27/h3-6,8-13,27H,2,7H2,1H3/b24-13-. The first-order valence-electron chi connectivity index (χ1n) is 9.05. The summed E-state index contributed by atoms with van der Waals surface area (Å²) in [6.45, 7) is 2.03. The van der Waals surface area contributed by atoms with Crippen molar-refractivity contribution in [1.29, 1.82) is 0 Å². The molecule has 1 aromatic heterocycles. The first-order valence-corrected chi connectivity index (χ1v) is 9.84. The highest BCUT2D eigenvalue weighted by atomic mass is 79.9. The molecule has 0 unspecified atom stereocenters. The number of rotatable bonds is 4. The average molecular weight is 436 g/mol. The second kappa shape index (κ2) is 7.56. The normalized spacial score (nSPS) is 11.6. The van der Waals surface area contributed by atoms with Crippen LogP contribution in [0.25, 0.3) is 21.7 Å². The number of benzene rings is 3. The fourth-order valence-electron chi connectivity index (χ4n) is 3.23. The SMILES string of the molecule is CCCc1nc2ccccc2c(=O)n1/N=C\c1cc(Br)c2ccccc2c1O. The summed E-state index contributed by atoms with van der Waals surface area (Å²) in [4.78, 5) is 17.6. The van der Waals surface area contributed by atoms with Crippen molar-refractivity contribution < 1.29 is 5.11 Å². The van der Waals surface area contributed by atoms with E-state index in [0.29, 0.717) is 28.7 Å². The van der Waals surface area contributed by atoms with Crippen molar-refractivity contribution in [3.05, 3.63) is 80.8 Å². The maximum absolute atomic E-state index is 12.9.